The smallest absolute Gasteiger partial charge is 0.339 e. The summed E-state index contributed by atoms with van der Waals surface area (Å²) in [5, 5.41) is 10.7. The van der Waals surface area contributed by atoms with Crippen molar-refractivity contribution in [3.63, 3.8) is 0 Å². The van der Waals surface area contributed by atoms with E-state index in [1.807, 2.05) is 6.07 Å². The summed E-state index contributed by atoms with van der Waals surface area (Å²) in [6.07, 6.45) is 7.81. The molecule has 0 bridgehead atoms. The van der Waals surface area contributed by atoms with Gasteiger partial charge in [0.25, 0.3) is 0 Å². The lowest BCUT2D eigenvalue weighted by Gasteiger charge is -2.31. The summed E-state index contributed by atoms with van der Waals surface area (Å²) >= 11 is 0. The molecule has 7 heteroatoms. The summed E-state index contributed by atoms with van der Waals surface area (Å²) in [6, 6.07) is 15.6. The lowest BCUT2D eigenvalue weighted by molar-refractivity contribution is -0.0480. The van der Waals surface area contributed by atoms with E-state index in [2.05, 4.69) is 39.9 Å². The Bertz CT molecular complexity index is 1150. The van der Waals surface area contributed by atoms with Gasteiger partial charge in [-0.3, -0.25) is 4.90 Å². The third-order valence-corrected chi connectivity index (χ3v) is 7.41. The van der Waals surface area contributed by atoms with Crippen LogP contribution in [0.15, 0.2) is 54.7 Å². The van der Waals surface area contributed by atoms with E-state index in [-0.39, 0.29) is 11.9 Å². The van der Waals surface area contributed by atoms with E-state index < -0.39 is 5.97 Å². The molecule has 0 aliphatic carbocycles. The molecule has 36 heavy (non-hydrogen) atoms. The number of aromatic carboxylic acids is 1. The summed E-state index contributed by atoms with van der Waals surface area (Å²) in [6.45, 7) is 5.80. The molecular weight excluding hydrogens is 456 g/mol. The van der Waals surface area contributed by atoms with Gasteiger partial charge in [0.2, 0.25) is 0 Å². The number of aromatic nitrogens is 1. The predicted molar refractivity (Wildman–Crippen MR) is 139 cm³/mol. The number of piperidine rings is 1. The number of unbranched alkanes of at least 4 members (excludes halogenated alkanes) is 1. The maximum absolute atomic E-state index is 11.4. The molecule has 7 nitrogen and oxygen atoms in total. The molecule has 2 fully saturated rings. The van der Waals surface area contributed by atoms with E-state index in [0.717, 1.165) is 71.5 Å². The highest BCUT2D eigenvalue weighted by molar-refractivity contribution is 5.90. The Morgan fingerprint density at radius 3 is 2.53 bits per heavy atom. The maximum Gasteiger partial charge on any atom is 0.339 e. The number of benzene rings is 2. The Kier molecular flexibility index (Phi) is 8.21. The van der Waals surface area contributed by atoms with Crippen molar-refractivity contribution in [2.75, 3.05) is 39.5 Å². The van der Waals surface area contributed by atoms with Crippen LogP contribution < -0.4 is 4.74 Å². The lowest BCUT2D eigenvalue weighted by Crippen LogP contribution is -2.35. The van der Waals surface area contributed by atoms with Crippen LogP contribution in [-0.2, 0) is 16.0 Å². The van der Waals surface area contributed by atoms with E-state index in [1.165, 1.54) is 16.5 Å². The van der Waals surface area contributed by atoms with Crippen molar-refractivity contribution in [1.29, 1.82) is 0 Å². The number of nitrogens with zero attached hydrogens (tertiary/aromatic N) is 2. The van der Waals surface area contributed by atoms with Crippen LogP contribution in [0.5, 0.6) is 5.75 Å². The molecule has 1 aromatic heterocycles. The van der Waals surface area contributed by atoms with E-state index in [9.17, 15) is 9.90 Å². The van der Waals surface area contributed by atoms with Crippen molar-refractivity contribution in [3.8, 4) is 5.75 Å². The summed E-state index contributed by atoms with van der Waals surface area (Å²) in [4.78, 5) is 13.8. The first kappa shape index (κ1) is 24.8. The quantitative estimate of drug-likeness (QED) is 0.374. The molecule has 0 amide bonds. The highest BCUT2D eigenvalue weighted by Gasteiger charge is 2.24. The van der Waals surface area contributed by atoms with E-state index in [0.29, 0.717) is 18.3 Å². The van der Waals surface area contributed by atoms with Gasteiger partial charge in [0.15, 0.2) is 6.29 Å². The zero-order valence-electron chi connectivity index (χ0n) is 20.8. The van der Waals surface area contributed by atoms with Gasteiger partial charge in [-0.2, -0.15) is 0 Å². The van der Waals surface area contributed by atoms with E-state index in [4.69, 9.17) is 14.2 Å². The van der Waals surface area contributed by atoms with E-state index in [1.54, 1.807) is 18.2 Å². The van der Waals surface area contributed by atoms with Gasteiger partial charge in [0.05, 0.1) is 13.2 Å². The first-order chi connectivity index (χ1) is 17.7. The van der Waals surface area contributed by atoms with Crippen LogP contribution in [0.4, 0.5) is 0 Å². The Morgan fingerprint density at radius 1 is 0.972 bits per heavy atom. The molecule has 1 N–H and O–H groups in total. The molecule has 3 heterocycles. The fraction of sp³-hybridized carbons (Fsp3) is 0.483. The summed E-state index contributed by atoms with van der Waals surface area (Å²) < 4.78 is 19.4. The number of fused-ring (bicyclic) bond motifs is 1. The Labute approximate surface area is 212 Å². The lowest BCUT2D eigenvalue weighted by atomic mass is 9.89. The highest BCUT2D eigenvalue weighted by Crippen LogP contribution is 2.34. The van der Waals surface area contributed by atoms with Gasteiger partial charge >= 0.3 is 5.97 Å². The number of carboxylic acid groups (broad SMARTS) is 1. The average Bonchev–Trinajstić information content (AvgIpc) is 3.56. The Morgan fingerprint density at radius 2 is 1.72 bits per heavy atom. The number of hydrogen-bond acceptors (Lipinski definition) is 5. The van der Waals surface area contributed by atoms with Crippen molar-refractivity contribution < 1.29 is 24.1 Å². The first-order valence-corrected chi connectivity index (χ1v) is 13.2. The second-order valence-corrected chi connectivity index (χ2v) is 9.73. The third kappa shape index (κ3) is 5.91. The zero-order valence-corrected chi connectivity index (χ0v) is 20.8. The first-order valence-electron chi connectivity index (χ1n) is 13.2. The number of hydrogen-bond donors (Lipinski definition) is 1. The summed E-state index contributed by atoms with van der Waals surface area (Å²) in [5.74, 6) is 0.0414. The molecule has 3 aromatic rings. The zero-order chi connectivity index (χ0) is 24.7. The number of ether oxygens (including phenoxy) is 3. The molecule has 2 aliphatic rings. The molecule has 0 saturated carbocycles. The molecule has 0 spiro atoms. The number of carboxylic acids is 1. The van der Waals surface area contributed by atoms with Crippen molar-refractivity contribution in [2.24, 2.45) is 0 Å². The molecule has 0 atom stereocenters. The fourth-order valence-electron chi connectivity index (χ4n) is 5.47. The number of carbonyl (C=O) groups is 1. The van der Waals surface area contributed by atoms with Gasteiger partial charge in [-0.05, 0) is 74.9 Å². The van der Waals surface area contributed by atoms with Crippen molar-refractivity contribution in [1.82, 2.24) is 9.47 Å². The largest absolute Gasteiger partial charge is 0.491 e. The van der Waals surface area contributed by atoms with Gasteiger partial charge in [0.1, 0.15) is 17.9 Å². The van der Waals surface area contributed by atoms with Crippen LogP contribution in [0, 0.1) is 0 Å². The summed E-state index contributed by atoms with van der Waals surface area (Å²) in [7, 11) is 0. The summed E-state index contributed by atoms with van der Waals surface area (Å²) in [5.41, 5.74) is 3.01. The van der Waals surface area contributed by atoms with Crippen LogP contribution in [0.1, 0.15) is 53.9 Å². The normalized spacial score (nSPS) is 17.7. The minimum Gasteiger partial charge on any atom is -0.491 e. The van der Waals surface area contributed by atoms with Gasteiger partial charge in [-0.1, -0.05) is 30.3 Å². The van der Waals surface area contributed by atoms with Crippen molar-refractivity contribution >= 4 is 16.9 Å². The molecule has 2 saturated heterocycles. The van der Waals surface area contributed by atoms with Crippen LogP contribution >= 0.6 is 0 Å². The molecular formula is C29H36N2O5. The van der Waals surface area contributed by atoms with Gasteiger partial charge in [-0.25, -0.2) is 4.79 Å². The number of likely N-dealkylation sites (tertiary alicyclic amines) is 1. The van der Waals surface area contributed by atoms with E-state index >= 15 is 0 Å². The van der Waals surface area contributed by atoms with Gasteiger partial charge in [0, 0.05) is 30.2 Å². The maximum atomic E-state index is 11.4. The second kappa shape index (κ2) is 11.9. The SMILES string of the molecule is O=C(O)c1ccccc1OCCN1CCC(c2cn(CCCCC3OCCO3)c3ccccc23)CC1. The third-order valence-electron chi connectivity index (χ3n) is 7.41. The van der Waals surface area contributed by atoms with Crippen LogP contribution in [0.3, 0.4) is 0 Å². The molecule has 2 aromatic carbocycles. The monoisotopic (exact) mass is 492 g/mol. The fourth-order valence-corrected chi connectivity index (χ4v) is 5.47. The van der Waals surface area contributed by atoms with Crippen LogP contribution in [-0.4, -0.2) is 66.3 Å². The highest BCUT2D eigenvalue weighted by atomic mass is 16.7. The molecule has 192 valence electrons. The molecule has 0 radical (unpaired) electrons. The average molecular weight is 493 g/mol. The van der Waals surface area contributed by atoms with Gasteiger partial charge in [-0.15, -0.1) is 0 Å². The predicted octanol–water partition coefficient (Wildman–Crippen LogP) is 5.14. The molecule has 2 aliphatic heterocycles. The number of rotatable bonds is 11. The topological polar surface area (TPSA) is 73.2 Å². The molecule has 0 unspecified atom stereocenters. The Hall–Kier alpha value is -2.87. The Balaban J connectivity index is 1.13. The minimum atomic E-state index is -0.956. The minimum absolute atomic E-state index is 0.00975. The number of para-hydroxylation sites is 2. The number of aryl methyl sites for hydroxylation is 1. The van der Waals surface area contributed by atoms with Crippen molar-refractivity contribution in [3.05, 3.63) is 65.9 Å². The van der Waals surface area contributed by atoms with Crippen molar-refractivity contribution in [2.45, 2.75) is 50.9 Å². The van der Waals surface area contributed by atoms with Gasteiger partial charge < -0.3 is 23.9 Å². The standard InChI is InChI=1S/C29H36N2O5/c32-29(33)24-8-2-4-10-27(24)34-18-17-30-15-12-22(13-16-30)25-21-31(26-9-3-1-7-23(25)26)14-6-5-11-28-35-19-20-36-28/h1-4,7-10,21-22,28H,5-6,11-20H2,(H,32,33). The second-order valence-electron chi connectivity index (χ2n) is 9.73. The molecule has 5 rings (SSSR count). The van der Waals surface area contributed by atoms with Crippen LogP contribution in [0.25, 0.3) is 10.9 Å². The van der Waals surface area contributed by atoms with Crippen LogP contribution in [0.2, 0.25) is 0 Å².